The van der Waals surface area contributed by atoms with E-state index >= 15 is 0 Å². The fourth-order valence-electron chi connectivity index (χ4n) is 1.23. The molecule has 0 spiro atoms. The number of aliphatic hydroxyl groups excluding tert-OH is 1. The lowest BCUT2D eigenvalue weighted by atomic mass is 10.2. The van der Waals surface area contributed by atoms with E-state index in [1.807, 2.05) is 0 Å². The maximum absolute atomic E-state index is 12.3. The summed E-state index contributed by atoms with van der Waals surface area (Å²) in [6, 6.07) is 6.21. The average molecular weight is 261 g/mol. The predicted octanol–water partition coefficient (Wildman–Crippen LogP) is 2.11. The van der Waals surface area contributed by atoms with Gasteiger partial charge in [-0.25, -0.2) is 0 Å². The third-order valence-electron chi connectivity index (χ3n) is 1.97. The van der Waals surface area contributed by atoms with Gasteiger partial charge in [0.25, 0.3) is 11.7 Å². The van der Waals surface area contributed by atoms with Gasteiger partial charge in [0.2, 0.25) is 0 Å². The zero-order chi connectivity index (χ0) is 12.7. The molecule has 0 heterocycles. The van der Waals surface area contributed by atoms with E-state index in [-0.39, 0.29) is 17.1 Å². The summed E-state index contributed by atoms with van der Waals surface area (Å²) >= 11 is 0.349. The number of rotatable bonds is 6. The second kappa shape index (κ2) is 7.24. The Morgan fingerprint density at radius 1 is 1.41 bits per heavy atom. The molecule has 0 saturated heterocycles. The number of carbonyl (C=O) groups excluding carboxylic acids is 1. The lowest BCUT2D eigenvalue weighted by molar-refractivity contribution is 0.0948. The third-order valence-corrected chi connectivity index (χ3v) is 2.76. The van der Waals surface area contributed by atoms with Gasteiger partial charge in [-0.3, -0.25) is 4.79 Å². The Balaban J connectivity index is 2.71. The molecule has 6 heteroatoms. The first-order valence-corrected chi connectivity index (χ1v) is 5.96. The second-order valence-corrected chi connectivity index (χ2v) is 4.24. The molecule has 0 aromatic heterocycles. The molecule has 0 aliphatic carbocycles. The van der Waals surface area contributed by atoms with Crippen LogP contribution in [0.1, 0.15) is 16.8 Å². The van der Waals surface area contributed by atoms with Gasteiger partial charge in [0.15, 0.2) is 0 Å². The van der Waals surface area contributed by atoms with Crippen molar-refractivity contribution in [1.82, 2.24) is 5.32 Å². The van der Waals surface area contributed by atoms with Crippen LogP contribution in [-0.2, 0) is 0 Å². The van der Waals surface area contributed by atoms with Crippen molar-refractivity contribution in [2.24, 2.45) is 0 Å². The first-order chi connectivity index (χ1) is 8.15. The van der Waals surface area contributed by atoms with Crippen molar-refractivity contribution in [3.8, 4) is 0 Å². The van der Waals surface area contributed by atoms with Crippen LogP contribution in [0.5, 0.6) is 0 Å². The molecular weight excluding hydrogens is 248 g/mol. The van der Waals surface area contributed by atoms with E-state index in [0.717, 1.165) is 0 Å². The fourth-order valence-corrected chi connectivity index (χ4v) is 1.87. The van der Waals surface area contributed by atoms with Gasteiger partial charge in [0.05, 0.1) is 5.56 Å². The Hall–Kier alpha value is -1.14. The molecule has 0 radical (unpaired) electrons. The minimum Gasteiger partial charge on any atom is -0.396 e. The summed E-state index contributed by atoms with van der Waals surface area (Å²) < 4.78 is 24.5. The molecule has 0 aliphatic rings. The van der Waals surface area contributed by atoms with E-state index in [4.69, 9.17) is 5.11 Å². The van der Waals surface area contributed by atoms with E-state index in [1.165, 1.54) is 12.1 Å². The zero-order valence-corrected chi connectivity index (χ0v) is 9.84. The van der Waals surface area contributed by atoms with Gasteiger partial charge < -0.3 is 10.4 Å². The van der Waals surface area contributed by atoms with Crippen molar-refractivity contribution in [3.63, 3.8) is 0 Å². The third kappa shape index (κ3) is 4.70. The molecule has 0 atom stereocenters. The smallest absolute Gasteiger partial charge is 0.288 e. The minimum absolute atomic E-state index is 0.0201. The number of nitrogens with one attached hydrogen (secondary N) is 1. The molecule has 0 unspecified atom stereocenters. The summed E-state index contributed by atoms with van der Waals surface area (Å²) in [5.41, 5.74) is 0.232. The number of benzene rings is 1. The van der Waals surface area contributed by atoms with Gasteiger partial charge in [0, 0.05) is 18.0 Å². The van der Waals surface area contributed by atoms with E-state index in [9.17, 15) is 13.6 Å². The molecular formula is C11H13F2NO2S. The SMILES string of the molecule is O=C(NCCCO)c1ccccc1SC(F)F. The van der Waals surface area contributed by atoms with Crippen molar-refractivity contribution in [3.05, 3.63) is 29.8 Å². The number of hydrogen-bond donors (Lipinski definition) is 2. The molecule has 2 N–H and O–H groups in total. The van der Waals surface area contributed by atoms with Crippen molar-refractivity contribution in [2.45, 2.75) is 17.1 Å². The van der Waals surface area contributed by atoms with E-state index in [0.29, 0.717) is 24.7 Å². The predicted molar refractivity (Wildman–Crippen MR) is 62.3 cm³/mol. The summed E-state index contributed by atoms with van der Waals surface area (Å²) in [5.74, 6) is -2.96. The summed E-state index contributed by atoms with van der Waals surface area (Å²) in [6.07, 6.45) is 0.440. The molecule has 0 saturated carbocycles. The number of hydrogen-bond acceptors (Lipinski definition) is 3. The number of alkyl halides is 2. The Morgan fingerprint density at radius 2 is 2.12 bits per heavy atom. The Labute approximate surface area is 102 Å². The number of aliphatic hydroxyl groups is 1. The fraction of sp³-hybridized carbons (Fsp3) is 0.364. The normalized spacial score (nSPS) is 10.6. The standard InChI is InChI=1S/C11H13F2NO2S/c12-11(13)17-9-5-2-1-4-8(9)10(16)14-6-3-7-15/h1-2,4-5,11,15H,3,6-7H2,(H,14,16). The lowest BCUT2D eigenvalue weighted by Gasteiger charge is -2.08. The number of carbonyl (C=O) groups is 1. The summed E-state index contributed by atoms with van der Waals surface area (Å²) in [6.45, 7) is 0.302. The Kier molecular flexibility index (Phi) is 5.93. The second-order valence-electron chi connectivity index (χ2n) is 3.21. The first kappa shape index (κ1) is 13.9. The van der Waals surface area contributed by atoms with Crippen LogP contribution in [0, 0.1) is 0 Å². The maximum Gasteiger partial charge on any atom is 0.288 e. The first-order valence-electron chi connectivity index (χ1n) is 5.08. The number of amides is 1. The van der Waals surface area contributed by atoms with Gasteiger partial charge in [0.1, 0.15) is 0 Å². The van der Waals surface area contributed by atoms with Gasteiger partial charge in [-0.15, -0.1) is 0 Å². The Morgan fingerprint density at radius 3 is 2.76 bits per heavy atom. The van der Waals surface area contributed by atoms with Crippen molar-refractivity contribution in [2.75, 3.05) is 13.2 Å². The van der Waals surface area contributed by atoms with Crippen molar-refractivity contribution < 1.29 is 18.7 Å². The molecule has 1 amide bonds. The topological polar surface area (TPSA) is 49.3 Å². The van der Waals surface area contributed by atoms with Crippen LogP contribution in [-0.4, -0.2) is 29.9 Å². The lowest BCUT2D eigenvalue weighted by Crippen LogP contribution is -2.25. The van der Waals surface area contributed by atoms with Crippen LogP contribution < -0.4 is 5.32 Å². The highest BCUT2D eigenvalue weighted by Gasteiger charge is 2.14. The van der Waals surface area contributed by atoms with Crippen LogP contribution >= 0.6 is 11.8 Å². The molecule has 1 aromatic carbocycles. The molecule has 0 fully saturated rings. The highest BCUT2D eigenvalue weighted by molar-refractivity contribution is 7.99. The number of halogens is 2. The molecule has 1 aromatic rings. The Bertz CT molecular complexity index is 374. The maximum atomic E-state index is 12.3. The van der Waals surface area contributed by atoms with Crippen molar-refractivity contribution in [1.29, 1.82) is 0 Å². The molecule has 3 nitrogen and oxygen atoms in total. The van der Waals surface area contributed by atoms with E-state index in [1.54, 1.807) is 12.1 Å². The van der Waals surface area contributed by atoms with E-state index in [2.05, 4.69) is 5.32 Å². The van der Waals surface area contributed by atoms with Crippen LogP contribution in [0.2, 0.25) is 0 Å². The zero-order valence-electron chi connectivity index (χ0n) is 9.03. The molecule has 1 rings (SSSR count). The van der Waals surface area contributed by atoms with Crippen LogP contribution in [0.25, 0.3) is 0 Å². The minimum atomic E-state index is -2.55. The number of thioether (sulfide) groups is 1. The quantitative estimate of drug-likeness (QED) is 0.609. The van der Waals surface area contributed by atoms with Gasteiger partial charge in [-0.2, -0.15) is 8.78 Å². The van der Waals surface area contributed by atoms with Crippen LogP contribution in [0.15, 0.2) is 29.2 Å². The van der Waals surface area contributed by atoms with Crippen LogP contribution in [0.3, 0.4) is 0 Å². The molecule has 17 heavy (non-hydrogen) atoms. The summed E-state index contributed by atoms with van der Waals surface area (Å²) in [7, 11) is 0. The largest absolute Gasteiger partial charge is 0.396 e. The monoisotopic (exact) mass is 261 g/mol. The summed E-state index contributed by atoms with van der Waals surface area (Å²) in [4.78, 5) is 11.9. The highest BCUT2D eigenvalue weighted by atomic mass is 32.2. The molecule has 0 bridgehead atoms. The van der Waals surface area contributed by atoms with Gasteiger partial charge in [-0.05, 0) is 18.6 Å². The van der Waals surface area contributed by atoms with Gasteiger partial charge in [-0.1, -0.05) is 23.9 Å². The van der Waals surface area contributed by atoms with Crippen molar-refractivity contribution >= 4 is 17.7 Å². The molecule has 0 aliphatic heterocycles. The highest BCUT2D eigenvalue weighted by Crippen LogP contribution is 2.28. The summed E-state index contributed by atoms with van der Waals surface area (Å²) in [5, 5.41) is 11.1. The average Bonchev–Trinajstić information content (AvgIpc) is 2.29. The van der Waals surface area contributed by atoms with E-state index < -0.39 is 11.7 Å². The van der Waals surface area contributed by atoms with Crippen LogP contribution in [0.4, 0.5) is 8.78 Å². The molecule has 94 valence electrons. The van der Waals surface area contributed by atoms with Gasteiger partial charge >= 0.3 is 0 Å².